The van der Waals surface area contributed by atoms with Crippen LogP contribution in [0.1, 0.15) is 38.2 Å². The minimum atomic E-state index is 0.136. The number of benzene rings is 1. The van der Waals surface area contributed by atoms with Crippen molar-refractivity contribution in [3.8, 4) is 0 Å². The van der Waals surface area contributed by atoms with Gasteiger partial charge in [0, 0.05) is 37.3 Å². The molecule has 0 saturated carbocycles. The Balaban J connectivity index is 1.57. The first kappa shape index (κ1) is 16.6. The molecule has 0 N–H and O–H groups in total. The summed E-state index contributed by atoms with van der Waals surface area (Å²) < 4.78 is 0. The van der Waals surface area contributed by atoms with Gasteiger partial charge in [0.25, 0.3) is 0 Å². The fourth-order valence-corrected chi connectivity index (χ4v) is 4.83. The van der Waals surface area contributed by atoms with Crippen molar-refractivity contribution in [2.45, 2.75) is 38.0 Å². The lowest BCUT2D eigenvalue weighted by molar-refractivity contribution is 0.175. The van der Waals surface area contributed by atoms with Crippen LogP contribution in [-0.4, -0.2) is 55.1 Å². The molecular weight excluding hydrogens is 310 g/mol. The van der Waals surface area contributed by atoms with E-state index in [1.165, 1.54) is 11.1 Å². The predicted molar refractivity (Wildman–Crippen MR) is 102 cm³/mol. The zero-order valence-corrected chi connectivity index (χ0v) is 15.3. The van der Waals surface area contributed by atoms with Crippen LogP contribution in [0.15, 0.2) is 36.4 Å². The van der Waals surface area contributed by atoms with Gasteiger partial charge in [-0.05, 0) is 57.3 Å². The van der Waals surface area contributed by atoms with E-state index in [9.17, 15) is 4.79 Å². The molecule has 0 bridgehead atoms. The summed E-state index contributed by atoms with van der Waals surface area (Å²) in [4.78, 5) is 19.7. The van der Waals surface area contributed by atoms with E-state index in [2.05, 4.69) is 47.6 Å². The molecule has 0 radical (unpaired) electrons. The summed E-state index contributed by atoms with van der Waals surface area (Å²) in [5, 5.41) is 0. The van der Waals surface area contributed by atoms with Gasteiger partial charge in [0.15, 0.2) is 0 Å². The average molecular weight is 339 g/mol. The number of rotatable bonds is 2. The normalized spacial score (nSPS) is 22.4. The quantitative estimate of drug-likeness (QED) is 0.769. The first-order valence-corrected chi connectivity index (χ1v) is 9.62. The summed E-state index contributed by atoms with van der Waals surface area (Å²) in [5.74, 6) is 0. The Morgan fingerprint density at radius 3 is 2.48 bits per heavy atom. The molecule has 1 aromatic carbocycles. The van der Waals surface area contributed by atoms with Crippen LogP contribution in [0.5, 0.6) is 0 Å². The fraction of sp³-hybridized carbons (Fsp3) is 0.571. The predicted octanol–water partition coefficient (Wildman–Crippen LogP) is 3.63. The van der Waals surface area contributed by atoms with Crippen LogP contribution in [0.4, 0.5) is 10.5 Å². The van der Waals surface area contributed by atoms with E-state index in [0.29, 0.717) is 0 Å². The monoisotopic (exact) mass is 339 g/mol. The molecule has 0 aromatic heterocycles. The van der Waals surface area contributed by atoms with Gasteiger partial charge in [-0.2, -0.15) is 0 Å². The first-order valence-electron chi connectivity index (χ1n) is 9.62. The van der Waals surface area contributed by atoms with Crippen LogP contribution in [0.25, 0.3) is 0 Å². The van der Waals surface area contributed by atoms with Crippen LogP contribution in [0.3, 0.4) is 0 Å². The van der Waals surface area contributed by atoms with Crippen LogP contribution in [-0.2, 0) is 5.41 Å². The van der Waals surface area contributed by atoms with Gasteiger partial charge < -0.3 is 4.90 Å². The number of hydrogen-bond acceptors (Lipinski definition) is 2. The third-order valence-electron chi connectivity index (χ3n) is 6.14. The van der Waals surface area contributed by atoms with Crippen molar-refractivity contribution in [1.29, 1.82) is 0 Å². The maximum atomic E-state index is 13.1. The van der Waals surface area contributed by atoms with Gasteiger partial charge in [0.05, 0.1) is 0 Å². The number of nitrogens with zero attached hydrogens (tertiary/aromatic N) is 3. The molecular formula is C21H29N3O. The zero-order valence-electron chi connectivity index (χ0n) is 15.3. The summed E-state index contributed by atoms with van der Waals surface area (Å²) in [5.41, 5.74) is 3.90. The van der Waals surface area contributed by atoms with E-state index in [4.69, 9.17) is 0 Å². The van der Waals surface area contributed by atoms with E-state index in [0.717, 1.165) is 70.6 Å². The van der Waals surface area contributed by atoms with Crippen molar-refractivity contribution < 1.29 is 4.79 Å². The molecule has 2 amide bonds. The SMILES string of the molecule is C=C(C)CN1CCC2(CC1)CN(C(=O)N1CCCC1)c1ccccc12. The zero-order chi connectivity index (χ0) is 17.4. The van der Waals surface area contributed by atoms with Gasteiger partial charge in [-0.15, -0.1) is 0 Å². The number of para-hydroxylation sites is 1. The van der Waals surface area contributed by atoms with Gasteiger partial charge in [-0.25, -0.2) is 4.79 Å². The topological polar surface area (TPSA) is 26.8 Å². The van der Waals surface area contributed by atoms with Gasteiger partial charge in [-0.1, -0.05) is 30.4 Å². The molecule has 4 rings (SSSR count). The number of hydrogen-bond donors (Lipinski definition) is 0. The van der Waals surface area contributed by atoms with Crippen molar-refractivity contribution in [2.75, 3.05) is 44.2 Å². The Hall–Kier alpha value is -1.81. The molecule has 1 aromatic rings. The lowest BCUT2D eigenvalue weighted by atomic mass is 9.74. The molecule has 2 fully saturated rings. The van der Waals surface area contributed by atoms with Crippen molar-refractivity contribution in [3.05, 3.63) is 42.0 Å². The van der Waals surface area contributed by atoms with Gasteiger partial charge in [-0.3, -0.25) is 9.80 Å². The highest BCUT2D eigenvalue weighted by molar-refractivity contribution is 5.95. The molecule has 1 spiro atoms. The molecule has 4 nitrogen and oxygen atoms in total. The third-order valence-corrected chi connectivity index (χ3v) is 6.14. The number of anilines is 1. The van der Waals surface area contributed by atoms with Gasteiger partial charge in [0.1, 0.15) is 0 Å². The summed E-state index contributed by atoms with van der Waals surface area (Å²) in [7, 11) is 0. The maximum Gasteiger partial charge on any atom is 0.324 e. The number of carbonyl (C=O) groups is 1. The third kappa shape index (κ3) is 2.97. The number of fused-ring (bicyclic) bond motifs is 2. The standard InChI is InChI=1S/C21H29N3O/c1-17(2)15-22-13-9-21(10-14-22)16-24(19-8-4-3-7-18(19)21)20(25)23-11-5-6-12-23/h3-4,7-8H,1,5-6,9-16H2,2H3. The number of urea groups is 1. The summed E-state index contributed by atoms with van der Waals surface area (Å²) in [6, 6.07) is 8.80. The van der Waals surface area contributed by atoms with Crippen molar-refractivity contribution in [3.63, 3.8) is 0 Å². The molecule has 0 atom stereocenters. The maximum absolute atomic E-state index is 13.1. The van der Waals surface area contributed by atoms with Gasteiger partial charge >= 0.3 is 6.03 Å². The molecule has 2 saturated heterocycles. The minimum Gasteiger partial charge on any atom is -0.324 e. The molecule has 3 heterocycles. The second-order valence-corrected chi connectivity index (χ2v) is 8.09. The Morgan fingerprint density at radius 1 is 1.12 bits per heavy atom. The van der Waals surface area contributed by atoms with Crippen molar-refractivity contribution in [2.24, 2.45) is 0 Å². The summed E-state index contributed by atoms with van der Waals surface area (Å²) >= 11 is 0. The Morgan fingerprint density at radius 2 is 1.80 bits per heavy atom. The lowest BCUT2D eigenvalue weighted by Crippen LogP contribution is -2.48. The Labute approximate surface area is 151 Å². The molecule has 0 aliphatic carbocycles. The molecule has 25 heavy (non-hydrogen) atoms. The number of piperidine rings is 1. The van der Waals surface area contributed by atoms with Crippen LogP contribution in [0, 0.1) is 0 Å². The smallest absolute Gasteiger partial charge is 0.324 e. The van der Waals surface area contributed by atoms with Crippen LogP contribution >= 0.6 is 0 Å². The van der Waals surface area contributed by atoms with E-state index in [1.54, 1.807) is 0 Å². The summed E-state index contributed by atoms with van der Waals surface area (Å²) in [6.45, 7) is 12.0. The van der Waals surface area contributed by atoms with Gasteiger partial charge in [0.2, 0.25) is 0 Å². The second-order valence-electron chi connectivity index (χ2n) is 8.09. The second kappa shape index (κ2) is 6.49. The molecule has 3 aliphatic heterocycles. The van der Waals surface area contributed by atoms with E-state index < -0.39 is 0 Å². The van der Waals surface area contributed by atoms with Crippen molar-refractivity contribution in [1.82, 2.24) is 9.80 Å². The highest BCUT2D eigenvalue weighted by Gasteiger charge is 2.46. The largest absolute Gasteiger partial charge is 0.324 e. The molecule has 4 heteroatoms. The lowest BCUT2D eigenvalue weighted by Gasteiger charge is -2.40. The highest BCUT2D eigenvalue weighted by atomic mass is 16.2. The minimum absolute atomic E-state index is 0.136. The molecule has 3 aliphatic rings. The van der Waals surface area contributed by atoms with E-state index in [1.807, 2.05) is 4.90 Å². The highest BCUT2D eigenvalue weighted by Crippen LogP contribution is 2.47. The van der Waals surface area contributed by atoms with Crippen LogP contribution in [0.2, 0.25) is 0 Å². The van der Waals surface area contributed by atoms with Crippen molar-refractivity contribution >= 4 is 11.7 Å². The number of likely N-dealkylation sites (tertiary alicyclic amines) is 2. The number of carbonyl (C=O) groups excluding carboxylic acids is 1. The van der Waals surface area contributed by atoms with Crippen LogP contribution < -0.4 is 4.90 Å². The number of amides is 2. The Bertz CT molecular complexity index is 669. The first-order chi connectivity index (χ1) is 12.1. The summed E-state index contributed by atoms with van der Waals surface area (Å²) in [6.07, 6.45) is 4.53. The van der Waals surface area contributed by atoms with E-state index >= 15 is 0 Å². The Kier molecular flexibility index (Phi) is 4.32. The van der Waals surface area contributed by atoms with E-state index in [-0.39, 0.29) is 11.4 Å². The fourth-order valence-electron chi connectivity index (χ4n) is 4.83. The average Bonchev–Trinajstić information content (AvgIpc) is 3.24. The molecule has 134 valence electrons. The molecule has 0 unspecified atom stereocenters.